The van der Waals surface area contributed by atoms with Crippen molar-refractivity contribution in [3.63, 3.8) is 0 Å². The van der Waals surface area contributed by atoms with Crippen LogP contribution < -0.4 is 5.32 Å². The molecule has 3 heterocycles. The molecule has 6 heteroatoms. The Hall–Kier alpha value is -0.200. The van der Waals surface area contributed by atoms with Crippen molar-refractivity contribution in [2.24, 2.45) is 0 Å². The lowest BCUT2D eigenvalue weighted by molar-refractivity contribution is 0.274. The molecule has 2 aliphatic rings. The predicted octanol–water partition coefficient (Wildman–Crippen LogP) is 2.58. The van der Waals surface area contributed by atoms with Gasteiger partial charge in [-0.2, -0.15) is 16.7 Å². The smallest absolute Gasteiger partial charge is 0.246 e. The van der Waals surface area contributed by atoms with Crippen molar-refractivity contribution in [2.45, 2.75) is 42.7 Å². The van der Waals surface area contributed by atoms with Gasteiger partial charge in [0.05, 0.1) is 10.8 Å². The number of hydrogen-bond donors (Lipinski definition) is 1. The molecule has 4 nitrogen and oxygen atoms in total. The quantitative estimate of drug-likeness (QED) is 0.901. The first kappa shape index (κ1) is 12.8. The summed E-state index contributed by atoms with van der Waals surface area (Å²) in [5, 5.41) is 8.64. The van der Waals surface area contributed by atoms with Gasteiger partial charge in [-0.3, -0.25) is 0 Å². The molecule has 2 fully saturated rings. The number of hydrogen-bond acceptors (Lipinski definition) is 6. The van der Waals surface area contributed by atoms with Gasteiger partial charge in [-0.05, 0) is 26.3 Å². The molecule has 100 valence electrons. The summed E-state index contributed by atoms with van der Waals surface area (Å²) in [7, 11) is 0. The third kappa shape index (κ3) is 2.30. The highest BCUT2D eigenvalue weighted by Gasteiger charge is 2.37. The molecule has 0 bridgehead atoms. The zero-order chi connectivity index (χ0) is 12.6. The van der Waals surface area contributed by atoms with Gasteiger partial charge in [-0.1, -0.05) is 12.1 Å². The Morgan fingerprint density at radius 3 is 2.94 bits per heavy atom. The zero-order valence-corrected chi connectivity index (χ0v) is 12.4. The molecule has 18 heavy (non-hydrogen) atoms. The molecule has 0 saturated carbocycles. The molecule has 0 radical (unpaired) electrons. The highest BCUT2D eigenvalue weighted by Crippen LogP contribution is 2.41. The fourth-order valence-corrected chi connectivity index (χ4v) is 5.25. The van der Waals surface area contributed by atoms with Gasteiger partial charge in [0.1, 0.15) is 0 Å². The normalized spacial score (nSPS) is 37.0. The average molecular weight is 285 g/mol. The van der Waals surface area contributed by atoms with Crippen LogP contribution in [0.4, 0.5) is 0 Å². The molecule has 0 aromatic carbocycles. The Balaban J connectivity index is 1.80. The summed E-state index contributed by atoms with van der Waals surface area (Å²) in [6.07, 6.45) is 2.26. The summed E-state index contributed by atoms with van der Waals surface area (Å²) in [5.41, 5.74) is -0.110. The highest BCUT2D eigenvalue weighted by atomic mass is 32.2. The standard InChI is InChI=1S/C12H19N3OS2/c1-8-9(18-7-6-17-8)10-14-11(16-15-10)12(2)4-3-5-13-12/h8-9,13H,3-7H2,1-2H3. The minimum atomic E-state index is -0.110. The molecule has 3 rings (SSSR count). The molecule has 3 unspecified atom stereocenters. The van der Waals surface area contributed by atoms with Gasteiger partial charge < -0.3 is 9.84 Å². The topological polar surface area (TPSA) is 51.0 Å². The van der Waals surface area contributed by atoms with E-state index in [1.807, 2.05) is 23.5 Å². The molecule has 1 aromatic rings. The number of rotatable bonds is 2. The van der Waals surface area contributed by atoms with Gasteiger partial charge in [0.25, 0.3) is 0 Å². The Bertz CT molecular complexity index is 417. The lowest BCUT2D eigenvalue weighted by Gasteiger charge is -2.25. The molecule has 3 atom stereocenters. The zero-order valence-electron chi connectivity index (χ0n) is 10.8. The Morgan fingerprint density at radius 2 is 2.22 bits per heavy atom. The Kier molecular flexibility index (Phi) is 3.60. The van der Waals surface area contributed by atoms with Gasteiger partial charge in [-0.15, -0.1) is 11.8 Å². The van der Waals surface area contributed by atoms with E-state index in [-0.39, 0.29) is 5.54 Å². The molecule has 2 aliphatic heterocycles. The number of nitrogens with one attached hydrogen (secondary N) is 1. The molecule has 1 aromatic heterocycles. The Labute approximate surface area is 116 Å². The first-order chi connectivity index (χ1) is 8.69. The summed E-state index contributed by atoms with van der Waals surface area (Å²) >= 11 is 3.96. The van der Waals surface area contributed by atoms with E-state index >= 15 is 0 Å². The second-order valence-electron chi connectivity index (χ2n) is 5.19. The van der Waals surface area contributed by atoms with E-state index in [0.717, 1.165) is 24.7 Å². The molecular weight excluding hydrogens is 266 g/mol. The van der Waals surface area contributed by atoms with Crippen LogP contribution in [0, 0.1) is 0 Å². The van der Waals surface area contributed by atoms with Crippen molar-refractivity contribution in [3.8, 4) is 0 Å². The largest absolute Gasteiger partial charge is 0.337 e. The fourth-order valence-electron chi connectivity index (χ4n) is 2.57. The number of thioether (sulfide) groups is 2. The van der Waals surface area contributed by atoms with Crippen LogP contribution in [-0.2, 0) is 5.54 Å². The SMILES string of the molecule is CC1SCCSC1c1noc(C2(C)CCCN2)n1. The van der Waals surface area contributed by atoms with E-state index in [1.54, 1.807) is 0 Å². The summed E-state index contributed by atoms with van der Waals surface area (Å²) in [5.74, 6) is 4.05. The summed E-state index contributed by atoms with van der Waals surface area (Å²) in [6, 6.07) is 0. The summed E-state index contributed by atoms with van der Waals surface area (Å²) in [4.78, 5) is 4.66. The van der Waals surface area contributed by atoms with E-state index < -0.39 is 0 Å². The van der Waals surface area contributed by atoms with E-state index in [1.165, 1.54) is 17.9 Å². The van der Waals surface area contributed by atoms with Crippen LogP contribution >= 0.6 is 23.5 Å². The number of nitrogens with zero attached hydrogens (tertiary/aromatic N) is 2. The second-order valence-corrected chi connectivity index (χ2v) is 7.92. The number of aromatic nitrogens is 2. The van der Waals surface area contributed by atoms with Crippen molar-refractivity contribution in [2.75, 3.05) is 18.1 Å². The van der Waals surface area contributed by atoms with Gasteiger partial charge in [0, 0.05) is 16.8 Å². The van der Waals surface area contributed by atoms with Crippen molar-refractivity contribution >= 4 is 23.5 Å². The average Bonchev–Trinajstić information content (AvgIpc) is 2.99. The van der Waals surface area contributed by atoms with Crippen LogP contribution in [0.5, 0.6) is 0 Å². The van der Waals surface area contributed by atoms with Gasteiger partial charge in [0.15, 0.2) is 5.82 Å². The van der Waals surface area contributed by atoms with Crippen molar-refractivity contribution in [3.05, 3.63) is 11.7 Å². The fraction of sp³-hybridized carbons (Fsp3) is 0.833. The lowest BCUT2D eigenvalue weighted by Crippen LogP contribution is -2.33. The highest BCUT2D eigenvalue weighted by molar-refractivity contribution is 8.06. The van der Waals surface area contributed by atoms with Crippen molar-refractivity contribution in [1.29, 1.82) is 0 Å². The van der Waals surface area contributed by atoms with Crippen LogP contribution in [0.2, 0.25) is 0 Å². The van der Waals surface area contributed by atoms with Gasteiger partial charge in [0.2, 0.25) is 5.89 Å². The first-order valence-electron chi connectivity index (χ1n) is 6.51. The van der Waals surface area contributed by atoms with E-state index in [0.29, 0.717) is 10.5 Å². The minimum absolute atomic E-state index is 0.110. The Morgan fingerprint density at radius 1 is 1.39 bits per heavy atom. The van der Waals surface area contributed by atoms with Crippen LogP contribution in [-0.4, -0.2) is 33.4 Å². The van der Waals surface area contributed by atoms with Crippen LogP contribution in [0.1, 0.15) is 43.7 Å². The van der Waals surface area contributed by atoms with Crippen molar-refractivity contribution < 1.29 is 4.52 Å². The maximum absolute atomic E-state index is 5.51. The predicted molar refractivity (Wildman–Crippen MR) is 76.0 cm³/mol. The maximum atomic E-state index is 5.51. The summed E-state index contributed by atoms with van der Waals surface area (Å²) in [6.45, 7) is 5.45. The monoisotopic (exact) mass is 285 g/mol. The molecule has 2 saturated heterocycles. The summed E-state index contributed by atoms with van der Waals surface area (Å²) < 4.78 is 5.51. The van der Waals surface area contributed by atoms with Gasteiger partial charge >= 0.3 is 0 Å². The second kappa shape index (κ2) is 5.06. The molecule has 0 amide bonds. The third-order valence-electron chi connectivity index (χ3n) is 3.72. The maximum Gasteiger partial charge on any atom is 0.246 e. The minimum Gasteiger partial charge on any atom is -0.337 e. The van der Waals surface area contributed by atoms with Crippen LogP contribution in [0.3, 0.4) is 0 Å². The first-order valence-corrected chi connectivity index (χ1v) is 8.61. The molecule has 0 aliphatic carbocycles. The van der Waals surface area contributed by atoms with E-state index in [2.05, 4.69) is 29.3 Å². The van der Waals surface area contributed by atoms with E-state index in [4.69, 9.17) is 4.52 Å². The van der Waals surface area contributed by atoms with Crippen LogP contribution in [0.15, 0.2) is 4.52 Å². The third-order valence-corrected chi connectivity index (χ3v) is 6.81. The van der Waals surface area contributed by atoms with Gasteiger partial charge in [-0.25, -0.2) is 0 Å². The molecule has 0 spiro atoms. The van der Waals surface area contributed by atoms with E-state index in [9.17, 15) is 0 Å². The van der Waals surface area contributed by atoms with Crippen molar-refractivity contribution in [1.82, 2.24) is 15.5 Å². The lowest BCUT2D eigenvalue weighted by atomic mass is 10.0. The molecular formula is C12H19N3OS2. The molecule has 1 N–H and O–H groups in total. The van der Waals surface area contributed by atoms with Crippen LogP contribution in [0.25, 0.3) is 0 Å².